The van der Waals surface area contributed by atoms with Gasteiger partial charge < -0.3 is 13.6 Å². The van der Waals surface area contributed by atoms with Crippen molar-refractivity contribution in [1.82, 2.24) is 0 Å². The molecular formula is C34H54O4Si2. The molecule has 222 valence electrons. The van der Waals surface area contributed by atoms with E-state index in [1.165, 1.54) is 10.4 Å². The number of Topliss-reactive ketones (excluding diaryl/α,β-unsaturated/α-hetero) is 1. The number of hydrogen-bond acceptors (Lipinski definition) is 4. The highest BCUT2D eigenvalue weighted by Gasteiger charge is 2.51. The van der Waals surface area contributed by atoms with Crippen molar-refractivity contribution in [2.45, 2.75) is 128 Å². The zero-order chi connectivity index (χ0) is 29.7. The van der Waals surface area contributed by atoms with Crippen LogP contribution in [0.4, 0.5) is 0 Å². The topological polar surface area (TPSA) is 44.8 Å². The summed E-state index contributed by atoms with van der Waals surface area (Å²) in [6.07, 6.45) is 1.81. The zero-order valence-corrected chi connectivity index (χ0v) is 28.7. The summed E-state index contributed by atoms with van der Waals surface area (Å²) < 4.78 is 21.2. The molecule has 40 heavy (non-hydrogen) atoms. The molecule has 0 unspecified atom stereocenters. The number of carbonyl (C=O) groups excluding carboxylic acids is 1. The van der Waals surface area contributed by atoms with Crippen molar-refractivity contribution in [3.8, 4) is 0 Å². The van der Waals surface area contributed by atoms with Crippen LogP contribution in [0.5, 0.6) is 0 Å². The minimum absolute atomic E-state index is 0.0738. The van der Waals surface area contributed by atoms with Gasteiger partial charge >= 0.3 is 0 Å². The largest absolute Gasteiger partial charge is 0.413 e. The van der Waals surface area contributed by atoms with E-state index in [0.29, 0.717) is 29.7 Å². The molecule has 0 spiro atoms. The summed E-state index contributed by atoms with van der Waals surface area (Å²) in [6, 6.07) is 21.5. The lowest BCUT2D eigenvalue weighted by molar-refractivity contribution is -0.131. The zero-order valence-electron chi connectivity index (χ0n) is 26.7. The maximum absolute atomic E-state index is 12.2. The summed E-state index contributed by atoms with van der Waals surface area (Å²) in [5.41, 5.74) is 1.52. The summed E-state index contributed by atoms with van der Waals surface area (Å²) in [5.74, 6) is 0.164. The molecule has 4 nitrogen and oxygen atoms in total. The second-order valence-corrected chi connectivity index (χ2v) is 23.5. The molecule has 0 bridgehead atoms. The third-order valence-electron chi connectivity index (χ3n) is 8.93. The first kappa shape index (κ1) is 32.9. The first-order valence-corrected chi connectivity index (χ1v) is 19.4. The van der Waals surface area contributed by atoms with Crippen LogP contribution in [0, 0.1) is 0 Å². The standard InChI is InChI=1S/C34H54O4Si2/c1-25(2)39(26(3)4,27(5)6)38-30-22-29(21-28(7)35)37-31(23-30)24-36-40(34(8,9)10,32-17-13-11-14-18-32)33-19-15-12-16-20-33/h11-20,25-27,29-31H,21-24H2,1-10H3/t29-,30-,31+/m1/s1. The van der Waals surface area contributed by atoms with Crippen LogP contribution in [0.1, 0.15) is 88.5 Å². The molecule has 0 radical (unpaired) electrons. The van der Waals surface area contributed by atoms with Crippen molar-refractivity contribution in [2.75, 3.05) is 6.61 Å². The first-order chi connectivity index (χ1) is 18.7. The van der Waals surface area contributed by atoms with Gasteiger partial charge in [-0.25, -0.2) is 0 Å². The third-order valence-corrected chi connectivity index (χ3v) is 20.1. The Bertz CT molecular complexity index is 1000. The fraction of sp³-hybridized carbons (Fsp3) is 0.618. The van der Waals surface area contributed by atoms with E-state index in [9.17, 15) is 4.79 Å². The second-order valence-electron chi connectivity index (χ2n) is 13.8. The molecule has 2 aromatic rings. The SMILES string of the molecule is CC(=O)C[C@@H]1C[C@@H](O[Si](C(C)C)(C(C)C)C(C)C)C[C@@H](CO[Si](c2ccccc2)(c2ccccc2)C(C)(C)C)O1. The lowest BCUT2D eigenvalue weighted by atomic mass is 9.98. The van der Waals surface area contributed by atoms with Crippen LogP contribution in [-0.4, -0.2) is 47.3 Å². The van der Waals surface area contributed by atoms with Gasteiger partial charge in [0, 0.05) is 12.8 Å². The Hall–Kier alpha value is -1.58. The molecule has 2 aromatic carbocycles. The molecule has 1 aliphatic rings. The summed E-state index contributed by atoms with van der Waals surface area (Å²) in [6.45, 7) is 23.1. The van der Waals surface area contributed by atoms with Crippen molar-refractivity contribution in [3.63, 3.8) is 0 Å². The predicted molar refractivity (Wildman–Crippen MR) is 173 cm³/mol. The second kappa shape index (κ2) is 13.6. The highest BCUT2D eigenvalue weighted by molar-refractivity contribution is 6.99. The van der Waals surface area contributed by atoms with Crippen LogP contribution >= 0.6 is 0 Å². The van der Waals surface area contributed by atoms with E-state index in [4.69, 9.17) is 13.6 Å². The van der Waals surface area contributed by atoms with Gasteiger partial charge in [-0.15, -0.1) is 0 Å². The van der Waals surface area contributed by atoms with Crippen LogP contribution in [0.2, 0.25) is 21.7 Å². The monoisotopic (exact) mass is 582 g/mol. The quantitative estimate of drug-likeness (QED) is 0.241. The minimum atomic E-state index is -2.69. The highest BCUT2D eigenvalue weighted by atomic mass is 28.4. The molecular weight excluding hydrogens is 529 g/mol. The summed E-state index contributed by atoms with van der Waals surface area (Å²) >= 11 is 0. The number of ketones is 1. The molecule has 0 N–H and O–H groups in total. The Kier molecular flexibility index (Phi) is 11.2. The van der Waals surface area contributed by atoms with E-state index in [1.807, 2.05) is 0 Å². The normalized spacial score (nSPS) is 20.9. The van der Waals surface area contributed by atoms with Gasteiger partial charge in [-0.05, 0) is 45.4 Å². The van der Waals surface area contributed by atoms with E-state index < -0.39 is 16.6 Å². The Morgan fingerprint density at radius 1 is 0.825 bits per heavy atom. The number of carbonyl (C=O) groups is 1. The summed E-state index contributed by atoms with van der Waals surface area (Å²) in [5, 5.41) is 2.43. The van der Waals surface area contributed by atoms with Crippen molar-refractivity contribution >= 4 is 32.8 Å². The van der Waals surface area contributed by atoms with Gasteiger partial charge in [-0.3, -0.25) is 4.79 Å². The molecule has 3 rings (SSSR count). The van der Waals surface area contributed by atoms with Crippen LogP contribution in [0.25, 0.3) is 0 Å². The molecule has 3 atom stereocenters. The Morgan fingerprint density at radius 3 is 1.68 bits per heavy atom. The molecule has 6 heteroatoms. The van der Waals surface area contributed by atoms with Gasteiger partial charge in [0.05, 0.1) is 24.9 Å². The van der Waals surface area contributed by atoms with E-state index in [2.05, 4.69) is 123 Å². The van der Waals surface area contributed by atoms with E-state index >= 15 is 0 Å². The Morgan fingerprint density at radius 2 is 1.27 bits per heavy atom. The summed E-state index contributed by atoms with van der Waals surface area (Å²) in [7, 11) is -4.77. The highest BCUT2D eigenvalue weighted by Crippen LogP contribution is 2.45. The van der Waals surface area contributed by atoms with E-state index in [-0.39, 0.29) is 29.1 Å². The number of rotatable bonds is 12. The number of hydrogen-bond donors (Lipinski definition) is 0. The van der Waals surface area contributed by atoms with E-state index in [0.717, 1.165) is 12.8 Å². The van der Waals surface area contributed by atoms with Gasteiger partial charge in [0.2, 0.25) is 8.32 Å². The lowest BCUT2D eigenvalue weighted by Gasteiger charge is -2.48. The van der Waals surface area contributed by atoms with Gasteiger partial charge in [-0.1, -0.05) is 123 Å². The molecule has 1 fully saturated rings. The number of benzene rings is 2. The first-order valence-electron chi connectivity index (χ1n) is 15.3. The van der Waals surface area contributed by atoms with E-state index in [1.54, 1.807) is 6.92 Å². The van der Waals surface area contributed by atoms with Gasteiger partial charge in [0.1, 0.15) is 5.78 Å². The Labute approximate surface area is 246 Å². The van der Waals surface area contributed by atoms with Crippen LogP contribution in [-0.2, 0) is 18.4 Å². The van der Waals surface area contributed by atoms with Gasteiger partial charge in [0.15, 0.2) is 0 Å². The van der Waals surface area contributed by atoms with Gasteiger partial charge in [0.25, 0.3) is 8.32 Å². The molecule has 1 heterocycles. The van der Waals surface area contributed by atoms with Gasteiger partial charge in [-0.2, -0.15) is 0 Å². The molecule has 1 aliphatic heterocycles. The lowest BCUT2D eigenvalue weighted by Crippen LogP contribution is -2.67. The Balaban J connectivity index is 1.97. The maximum atomic E-state index is 12.2. The molecule has 0 aliphatic carbocycles. The predicted octanol–water partition coefficient (Wildman–Crippen LogP) is 7.65. The molecule has 1 saturated heterocycles. The van der Waals surface area contributed by atoms with Crippen LogP contribution in [0.3, 0.4) is 0 Å². The number of ether oxygens (including phenoxy) is 1. The average molecular weight is 583 g/mol. The molecule has 0 amide bonds. The smallest absolute Gasteiger partial charge is 0.261 e. The third kappa shape index (κ3) is 7.07. The molecule has 0 saturated carbocycles. The summed E-state index contributed by atoms with van der Waals surface area (Å²) in [4.78, 5) is 12.2. The molecule has 0 aromatic heterocycles. The van der Waals surface area contributed by atoms with Crippen LogP contribution in [0.15, 0.2) is 60.7 Å². The van der Waals surface area contributed by atoms with Crippen molar-refractivity contribution in [2.24, 2.45) is 0 Å². The van der Waals surface area contributed by atoms with Crippen molar-refractivity contribution in [1.29, 1.82) is 0 Å². The minimum Gasteiger partial charge on any atom is -0.413 e. The maximum Gasteiger partial charge on any atom is 0.261 e. The average Bonchev–Trinajstić information content (AvgIpc) is 2.87. The fourth-order valence-corrected chi connectivity index (χ4v) is 17.6. The van der Waals surface area contributed by atoms with Crippen molar-refractivity contribution < 1.29 is 18.4 Å². The fourth-order valence-electron chi connectivity index (χ4n) is 7.40. The van der Waals surface area contributed by atoms with Crippen LogP contribution < -0.4 is 10.4 Å². The van der Waals surface area contributed by atoms with Crippen molar-refractivity contribution in [3.05, 3.63) is 60.7 Å².